The lowest BCUT2D eigenvalue weighted by atomic mass is 10.0. The maximum absolute atomic E-state index is 6.17. The van der Waals surface area contributed by atoms with Crippen molar-refractivity contribution in [2.75, 3.05) is 26.2 Å². The summed E-state index contributed by atoms with van der Waals surface area (Å²) >= 11 is 1.69. The van der Waals surface area contributed by atoms with Crippen molar-refractivity contribution in [3.05, 3.63) is 41.5 Å². The Labute approximate surface area is 159 Å². The van der Waals surface area contributed by atoms with E-state index in [-0.39, 0.29) is 0 Å². The highest BCUT2D eigenvalue weighted by molar-refractivity contribution is 7.12. The number of unbranched alkanes of at least 4 members (excludes halogenated alkanes) is 1. The van der Waals surface area contributed by atoms with E-state index >= 15 is 0 Å². The Morgan fingerprint density at radius 2 is 2.04 bits per heavy atom. The van der Waals surface area contributed by atoms with E-state index in [1.165, 1.54) is 48.9 Å². The minimum Gasteiger partial charge on any atom is -0.483 e. The number of likely N-dealkylation sites (tertiary alicyclic amines) is 1. The first-order valence-electron chi connectivity index (χ1n) is 9.79. The van der Waals surface area contributed by atoms with Gasteiger partial charge in [0.1, 0.15) is 18.0 Å². The van der Waals surface area contributed by atoms with Crippen molar-refractivity contribution in [2.45, 2.75) is 39.0 Å². The molecule has 1 aliphatic rings. The molecule has 3 heterocycles. The van der Waals surface area contributed by atoms with E-state index in [1.807, 2.05) is 6.07 Å². The molecule has 0 N–H and O–H groups in total. The summed E-state index contributed by atoms with van der Waals surface area (Å²) in [7, 11) is 0. The van der Waals surface area contributed by atoms with E-state index < -0.39 is 0 Å². The molecule has 4 rings (SSSR count). The molecule has 1 fully saturated rings. The van der Waals surface area contributed by atoms with E-state index in [0.717, 1.165) is 42.4 Å². The van der Waals surface area contributed by atoms with E-state index in [4.69, 9.17) is 9.15 Å². The zero-order valence-corrected chi connectivity index (χ0v) is 16.3. The minimum atomic E-state index is 0.773. The monoisotopic (exact) mass is 369 g/mol. The Kier molecular flexibility index (Phi) is 5.61. The Morgan fingerprint density at radius 1 is 1.19 bits per heavy atom. The molecule has 3 nitrogen and oxygen atoms in total. The summed E-state index contributed by atoms with van der Waals surface area (Å²) in [4.78, 5) is 2.49. The van der Waals surface area contributed by atoms with Crippen LogP contribution in [-0.4, -0.2) is 31.1 Å². The van der Waals surface area contributed by atoms with E-state index in [1.54, 1.807) is 11.3 Å². The van der Waals surface area contributed by atoms with Crippen LogP contribution in [0, 0.1) is 0 Å². The third-order valence-electron chi connectivity index (χ3n) is 5.14. The number of benzene rings is 1. The van der Waals surface area contributed by atoms with Crippen molar-refractivity contribution in [2.24, 2.45) is 0 Å². The summed E-state index contributed by atoms with van der Waals surface area (Å²) in [6.45, 7) is 6.47. The second kappa shape index (κ2) is 8.28. The molecule has 1 aliphatic heterocycles. The van der Waals surface area contributed by atoms with Gasteiger partial charge in [-0.1, -0.05) is 31.5 Å². The molecule has 4 heteroatoms. The number of hydrogen-bond donors (Lipinski definition) is 0. The van der Waals surface area contributed by atoms with Crippen molar-refractivity contribution in [1.29, 1.82) is 0 Å². The number of fused-ring (bicyclic) bond motifs is 1. The van der Waals surface area contributed by atoms with Crippen molar-refractivity contribution in [1.82, 2.24) is 4.90 Å². The van der Waals surface area contributed by atoms with Gasteiger partial charge in [0.15, 0.2) is 5.06 Å². The lowest BCUT2D eigenvalue weighted by Crippen LogP contribution is -2.24. The summed E-state index contributed by atoms with van der Waals surface area (Å²) in [5.41, 5.74) is 3.46. The molecule has 1 aromatic carbocycles. The van der Waals surface area contributed by atoms with Crippen LogP contribution in [0.3, 0.4) is 0 Å². The highest BCUT2D eigenvalue weighted by Gasteiger charge is 2.17. The predicted octanol–water partition coefficient (Wildman–Crippen LogP) is 5.98. The highest BCUT2D eigenvalue weighted by Crippen LogP contribution is 2.39. The largest absolute Gasteiger partial charge is 0.483 e. The smallest absolute Gasteiger partial charge is 0.174 e. The number of hydrogen-bond acceptors (Lipinski definition) is 4. The number of aryl methyl sites for hydroxylation is 1. The number of furan rings is 1. The van der Waals surface area contributed by atoms with Gasteiger partial charge in [-0.05, 0) is 44.5 Å². The van der Waals surface area contributed by atoms with Gasteiger partial charge in [-0.15, -0.1) is 11.3 Å². The molecule has 2 aromatic heterocycles. The Morgan fingerprint density at radius 3 is 2.88 bits per heavy atom. The van der Waals surface area contributed by atoms with Crippen LogP contribution in [0.4, 0.5) is 0 Å². The van der Waals surface area contributed by atoms with Gasteiger partial charge in [0.2, 0.25) is 0 Å². The number of para-hydroxylation sites is 1. The van der Waals surface area contributed by atoms with E-state index in [2.05, 4.69) is 41.5 Å². The fourth-order valence-corrected chi connectivity index (χ4v) is 4.51. The van der Waals surface area contributed by atoms with Crippen LogP contribution < -0.4 is 4.74 Å². The number of ether oxygens (including phenoxy) is 1. The average molecular weight is 370 g/mol. The SMILES string of the molecule is CCCCc1oc2ccccc2c1-c1csc(OCCN2CCCC2)c1. The summed E-state index contributed by atoms with van der Waals surface area (Å²) in [6, 6.07) is 10.5. The molecule has 0 saturated carbocycles. The average Bonchev–Trinajstić information content (AvgIpc) is 3.39. The second-order valence-corrected chi connectivity index (χ2v) is 7.93. The van der Waals surface area contributed by atoms with Gasteiger partial charge in [-0.25, -0.2) is 0 Å². The van der Waals surface area contributed by atoms with Crippen LogP contribution >= 0.6 is 11.3 Å². The minimum absolute atomic E-state index is 0.773. The van der Waals surface area contributed by atoms with Crippen LogP contribution in [0.1, 0.15) is 38.4 Å². The van der Waals surface area contributed by atoms with E-state index in [9.17, 15) is 0 Å². The topological polar surface area (TPSA) is 25.6 Å². The quantitative estimate of drug-likeness (QED) is 0.488. The van der Waals surface area contributed by atoms with Gasteiger partial charge in [0.05, 0.1) is 0 Å². The maximum Gasteiger partial charge on any atom is 0.174 e. The molecule has 1 saturated heterocycles. The summed E-state index contributed by atoms with van der Waals surface area (Å²) in [6.07, 6.45) is 5.97. The number of nitrogens with zero attached hydrogens (tertiary/aromatic N) is 1. The molecular weight excluding hydrogens is 342 g/mol. The zero-order chi connectivity index (χ0) is 17.8. The molecular formula is C22H27NO2S. The molecule has 0 aliphatic carbocycles. The number of rotatable bonds is 8. The lowest BCUT2D eigenvalue weighted by molar-refractivity contribution is 0.242. The highest BCUT2D eigenvalue weighted by atomic mass is 32.1. The molecule has 0 atom stereocenters. The van der Waals surface area contributed by atoms with Crippen molar-refractivity contribution >= 4 is 22.3 Å². The molecule has 0 bridgehead atoms. The van der Waals surface area contributed by atoms with Gasteiger partial charge in [0.25, 0.3) is 0 Å². The molecule has 26 heavy (non-hydrogen) atoms. The normalized spacial score (nSPS) is 15.1. The molecule has 3 aromatic rings. The van der Waals surface area contributed by atoms with Gasteiger partial charge in [0, 0.05) is 34.9 Å². The standard InChI is InChI=1S/C22H27NO2S/c1-2-3-9-20-22(18-8-4-5-10-19(18)25-20)17-15-21(26-16-17)24-14-13-23-11-6-7-12-23/h4-5,8,10,15-16H,2-3,6-7,9,11-14H2,1H3. The second-order valence-electron chi connectivity index (χ2n) is 7.05. The zero-order valence-electron chi connectivity index (χ0n) is 15.5. The van der Waals surface area contributed by atoms with Crippen LogP contribution in [-0.2, 0) is 6.42 Å². The maximum atomic E-state index is 6.17. The van der Waals surface area contributed by atoms with Crippen molar-refractivity contribution in [3.8, 4) is 16.2 Å². The van der Waals surface area contributed by atoms with Gasteiger partial charge < -0.3 is 9.15 Å². The summed E-state index contributed by atoms with van der Waals surface area (Å²) in [5.74, 6) is 1.11. The van der Waals surface area contributed by atoms with Crippen LogP contribution in [0.5, 0.6) is 5.06 Å². The molecule has 138 valence electrons. The Bertz CT molecular complexity index is 845. The van der Waals surface area contributed by atoms with Crippen molar-refractivity contribution < 1.29 is 9.15 Å². The van der Waals surface area contributed by atoms with Crippen LogP contribution in [0.25, 0.3) is 22.1 Å². The third-order valence-corrected chi connectivity index (χ3v) is 5.98. The lowest BCUT2D eigenvalue weighted by Gasteiger charge is -2.13. The summed E-state index contributed by atoms with van der Waals surface area (Å²) < 4.78 is 12.2. The fraction of sp³-hybridized carbons (Fsp3) is 0.455. The first-order valence-corrected chi connectivity index (χ1v) is 10.7. The molecule has 0 amide bonds. The first kappa shape index (κ1) is 17.6. The van der Waals surface area contributed by atoms with Gasteiger partial charge >= 0.3 is 0 Å². The third kappa shape index (κ3) is 3.81. The predicted molar refractivity (Wildman–Crippen MR) is 109 cm³/mol. The first-order chi connectivity index (χ1) is 12.8. The molecule has 0 radical (unpaired) electrons. The molecule has 0 spiro atoms. The van der Waals surface area contributed by atoms with Crippen LogP contribution in [0.2, 0.25) is 0 Å². The Balaban J connectivity index is 1.52. The molecule has 0 unspecified atom stereocenters. The van der Waals surface area contributed by atoms with Gasteiger partial charge in [-0.3, -0.25) is 4.90 Å². The summed E-state index contributed by atoms with van der Waals surface area (Å²) in [5, 5.41) is 4.42. The fourth-order valence-electron chi connectivity index (χ4n) is 3.73. The number of thiophene rings is 1. The van der Waals surface area contributed by atoms with Gasteiger partial charge in [-0.2, -0.15) is 0 Å². The van der Waals surface area contributed by atoms with Crippen LogP contribution in [0.15, 0.2) is 40.1 Å². The Hall–Kier alpha value is -1.78. The van der Waals surface area contributed by atoms with Crippen molar-refractivity contribution in [3.63, 3.8) is 0 Å². The van der Waals surface area contributed by atoms with E-state index in [0.29, 0.717) is 0 Å².